The number of rotatable bonds is 6. The fourth-order valence-electron chi connectivity index (χ4n) is 2.06. The van der Waals surface area contributed by atoms with Gasteiger partial charge in [0.1, 0.15) is 5.15 Å². The van der Waals surface area contributed by atoms with Crippen LogP contribution in [0.4, 0.5) is 0 Å². The fraction of sp³-hybridized carbons (Fsp3) is 0.250. The average molecular weight is 274 g/mol. The highest BCUT2D eigenvalue weighted by atomic mass is 35.5. The summed E-state index contributed by atoms with van der Waals surface area (Å²) in [5.74, 6) is 0. The Morgan fingerprint density at radius 1 is 1.00 bits per heavy atom. The van der Waals surface area contributed by atoms with Crippen LogP contribution in [0.25, 0.3) is 0 Å². The molecule has 0 aliphatic rings. The maximum absolute atomic E-state index is 10.9. The Morgan fingerprint density at radius 2 is 1.74 bits per heavy atom. The van der Waals surface area contributed by atoms with Crippen LogP contribution in [-0.4, -0.2) is 11.3 Å². The van der Waals surface area contributed by atoms with Crippen LogP contribution in [0.3, 0.4) is 0 Å². The first-order chi connectivity index (χ1) is 9.29. The molecule has 0 aliphatic carbocycles. The number of aldehydes is 1. The van der Waals surface area contributed by atoms with Crippen molar-refractivity contribution in [3.05, 3.63) is 64.4 Å². The van der Waals surface area contributed by atoms with E-state index in [9.17, 15) is 4.79 Å². The van der Waals surface area contributed by atoms with Crippen LogP contribution in [0.5, 0.6) is 0 Å². The third-order valence-electron chi connectivity index (χ3n) is 3.07. The van der Waals surface area contributed by atoms with Crippen molar-refractivity contribution in [2.45, 2.75) is 25.7 Å². The van der Waals surface area contributed by atoms with Crippen molar-refractivity contribution in [3.63, 3.8) is 0 Å². The van der Waals surface area contributed by atoms with Crippen LogP contribution in [0, 0.1) is 0 Å². The Balaban J connectivity index is 1.86. The Bertz CT molecular complexity index is 540. The molecule has 0 aliphatic heterocycles. The normalized spacial score (nSPS) is 10.4. The second-order valence-corrected chi connectivity index (χ2v) is 4.87. The molecule has 0 N–H and O–H groups in total. The zero-order valence-corrected chi connectivity index (χ0v) is 11.4. The summed E-state index contributed by atoms with van der Waals surface area (Å²) in [6.45, 7) is 0. The van der Waals surface area contributed by atoms with Crippen molar-refractivity contribution in [1.29, 1.82) is 0 Å². The summed E-state index contributed by atoms with van der Waals surface area (Å²) in [4.78, 5) is 15.1. The van der Waals surface area contributed by atoms with Crippen LogP contribution in [0.15, 0.2) is 42.5 Å². The third kappa shape index (κ3) is 4.18. The van der Waals surface area contributed by atoms with Crippen molar-refractivity contribution >= 4 is 17.9 Å². The van der Waals surface area contributed by atoms with E-state index >= 15 is 0 Å². The molecular formula is C16H16ClNO. The molecule has 19 heavy (non-hydrogen) atoms. The lowest BCUT2D eigenvalue weighted by molar-refractivity contribution is 0.112. The molecule has 0 spiro atoms. The van der Waals surface area contributed by atoms with Gasteiger partial charge < -0.3 is 0 Å². The van der Waals surface area contributed by atoms with Gasteiger partial charge in [0.2, 0.25) is 0 Å². The van der Waals surface area contributed by atoms with Crippen LogP contribution >= 0.6 is 11.6 Å². The number of carbonyl (C=O) groups excluding carboxylic acids is 1. The van der Waals surface area contributed by atoms with Gasteiger partial charge in [-0.1, -0.05) is 41.9 Å². The van der Waals surface area contributed by atoms with Crippen LogP contribution in [0.1, 0.15) is 34.5 Å². The highest BCUT2D eigenvalue weighted by Gasteiger charge is 2.04. The number of pyridine rings is 1. The van der Waals surface area contributed by atoms with Crippen LogP contribution < -0.4 is 0 Å². The van der Waals surface area contributed by atoms with E-state index in [0.29, 0.717) is 10.7 Å². The summed E-state index contributed by atoms with van der Waals surface area (Å²) in [5, 5.41) is 0.448. The third-order valence-corrected chi connectivity index (χ3v) is 3.28. The minimum atomic E-state index is 0.448. The first-order valence-electron chi connectivity index (χ1n) is 6.44. The monoisotopic (exact) mass is 273 g/mol. The molecular weight excluding hydrogens is 258 g/mol. The van der Waals surface area contributed by atoms with E-state index in [1.54, 1.807) is 12.1 Å². The van der Waals surface area contributed by atoms with Crippen molar-refractivity contribution in [2.24, 2.45) is 0 Å². The summed E-state index contributed by atoms with van der Waals surface area (Å²) in [6.07, 6.45) is 4.77. The van der Waals surface area contributed by atoms with Gasteiger partial charge in [0, 0.05) is 5.56 Å². The number of unbranched alkanes of at least 4 members (excludes halogenated alkanes) is 1. The molecule has 0 saturated heterocycles. The van der Waals surface area contributed by atoms with E-state index in [-0.39, 0.29) is 0 Å². The second-order valence-electron chi connectivity index (χ2n) is 4.48. The van der Waals surface area contributed by atoms with Gasteiger partial charge in [-0.25, -0.2) is 4.98 Å². The van der Waals surface area contributed by atoms with E-state index in [1.165, 1.54) is 5.56 Å². The molecule has 98 valence electrons. The largest absolute Gasteiger partial charge is 0.298 e. The zero-order chi connectivity index (χ0) is 13.5. The van der Waals surface area contributed by atoms with Crippen molar-refractivity contribution in [2.75, 3.05) is 0 Å². The number of halogens is 1. The molecule has 2 nitrogen and oxygen atoms in total. The van der Waals surface area contributed by atoms with Crippen molar-refractivity contribution < 1.29 is 4.79 Å². The zero-order valence-electron chi connectivity index (χ0n) is 10.7. The summed E-state index contributed by atoms with van der Waals surface area (Å²) < 4.78 is 0. The predicted molar refractivity (Wildman–Crippen MR) is 77.7 cm³/mol. The lowest BCUT2D eigenvalue weighted by atomic mass is 10.0. The predicted octanol–water partition coefficient (Wildman–Crippen LogP) is 4.11. The average Bonchev–Trinajstić information content (AvgIpc) is 2.45. The molecule has 2 rings (SSSR count). The highest BCUT2D eigenvalue weighted by Crippen LogP contribution is 2.13. The first kappa shape index (κ1) is 13.8. The Kier molecular flexibility index (Phi) is 5.10. The molecule has 0 saturated carbocycles. The molecule has 0 bridgehead atoms. The topological polar surface area (TPSA) is 30.0 Å². The highest BCUT2D eigenvalue weighted by molar-refractivity contribution is 6.29. The van der Waals surface area contributed by atoms with Gasteiger partial charge >= 0.3 is 0 Å². The number of carbonyl (C=O) groups is 1. The van der Waals surface area contributed by atoms with Gasteiger partial charge in [0.05, 0.1) is 5.69 Å². The first-order valence-corrected chi connectivity index (χ1v) is 6.82. The fourth-order valence-corrected chi connectivity index (χ4v) is 2.22. The molecule has 1 aromatic carbocycles. The Morgan fingerprint density at radius 3 is 2.47 bits per heavy atom. The van der Waals surface area contributed by atoms with E-state index in [0.717, 1.165) is 37.7 Å². The Labute approximate surface area is 118 Å². The minimum Gasteiger partial charge on any atom is -0.298 e. The number of nitrogens with zero attached hydrogens (tertiary/aromatic N) is 1. The lowest BCUT2D eigenvalue weighted by Gasteiger charge is -2.05. The number of hydrogen-bond donors (Lipinski definition) is 0. The van der Waals surface area contributed by atoms with Crippen molar-refractivity contribution in [1.82, 2.24) is 4.98 Å². The molecule has 0 unspecified atom stereocenters. The minimum absolute atomic E-state index is 0.448. The molecule has 3 heteroatoms. The smallest absolute Gasteiger partial charge is 0.151 e. The standard InChI is InChI=1S/C16H16ClNO/c17-16-11-10-14(12-19)15(18-16)9-5-4-8-13-6-2-1-3-7-13/h1-3,6-7,10-12H,4-5,8-9H2. The quantitative estimate of drug-likeness (QED) is 0.450. The van der Waals surface area contributed by atoms with Gasteiger partial charge in [-0.15, -0.1) is 0 Å². The summed E-state index contributed by atoms with van der Waals surface area (Å²) >= 11 is 5.86. The molecule has 2 aromatic rings. The van der Waals surface area contributed by atoms with Crippen LogP contribution in [0.2, 0.25) is 5.15 Å². The SMILES string of the molecule is O=Cc1ccc(Cl)nc1CCCCc1ccccc1. The molecule has 0 fully saturated rings. The molecule has 0 amide bonds. The maximum atomic E-state index is 10.9. The van der Waals surface area contributed by atoms with Gasteiger partial charge in [-0.3, -0.25) is 4.79 Å². The van der Waals surface area contributed by atoms with E-state index in [2.05, 4.69) is 29.2 Å². The van der Waals surface area contributed by atoms with Gasteiger partial charge in [-0.2, -0.15) is 0 Å². The number of hydrogen-bond acceptors (Lipinski definition) is 2. The molecule has 0 atom stereocenters. The number of aryl methyl sites for hydroxylation is 2. The Hall–Kier alpha value is -1.67. The second kappa shape index (κ2) is 7.05. The van der Waals surface area contributed by atoms with Crippen LogP contribution in [-0.2, 0) is 12.8 Å². The van der Waals surface area contributed by atoms with Gasteiger partial charge in [-0.05, 0) is 43.4 Å². The van der Waals surface area contributed by atoms with E-state index in [1.807, 2.05) is 6.07 Å². The lowest BCUT2D eigenvalue weighted by Crippen LogP contribution is -1.98. The van der Waals surface area contributed by atoms with Crippen molar-refractivity contribution in [3.8, 4) is 0 Å². The van der Waals surface area contributed by atoms with Gasteiger partial charge in [0.15, 0.2) is 6.29 Å². The molecule has 1 heterocycles. The number of aromatic nitrogens is 1. The summed E-state index contributed by atoms with van der Waals surface area (Å²) in [5.41, 5.74) is 2.79. The van der Waals surface area contributed by atoms with E-state index in [4.69, 9.17) is 11.6 Å². The van der Waals surface area contributed by atoms with E-state index < -0.39 is 0 Å². The number of benzene rings is 1. The summed E-state index contributed by atoms with van der Waals surface area (Å²) in [6, 6.07) is 13.8. The molecule has 0 radical (unpaired) electrons. The molecule has 1 aromatic heterocycles. The summed E-state index contributed by atoms with van der Waals surface area (Å²) in [7, 11) is 0. The van der Waals surface area contributed by atoms with Gasteiger partial charge in [0.25, 0.3) is 0 Å². The maximum Gasteiger partial charge on any atom is 0.151 e.